The molecule has 0 fully saturated rings. The Morgan fingerprint density at radius 2 is 1.88 bits per heavy atom. The van der Waals surface area contributed by atoms with Gasteiger partial charge in [0.2, 0.25) is 0 Å². The van der Waals surface area contributed by atoms with Crippen LogP contribution in [0, 0.1) is 19.7 Å². The van der Waals surface area contributed by atoms with Crippen LogP contribution in [0.1, 0.15) is 41.2 Å². The van der Waals surface area contributed by atoms with Gasteiger partial charge < -0.3 is 9.80 Å². The number of aryl methyl sites for hydroxylation is 2. The van der Waals surface area contributed by atoms with Crippen LogP contribution in [-0.2, 0) is 6.54 Å². The van der Waals surface area contributed by atoms with Gasteiger partial charge in [-0.15, -0.1) is 0 Å². The van der Waals surface area contributed by atoms with Crippen LogP contribution in [0.2, 0.25) is 0 Å². The summed E-state index contributed by atoms with van der Waals surface area (Å²) >= 11 is 0. The van der Waals surface area contributed by atoms with Gasteiger partial charge in [0.25, 0.3) is 5.91 Å². The summed E-state index contributed by atoms with van der Waals surface area (Å²) in [6.07, 6.45) is 0. The van der Waals surface area contributed by atoms with E-state index in [1.54, 1.807) is 17.0 Å². The number of H-pyrrole nitrogens is 1. The molecule has 1 amide bonds. The van der Waals surface area contributed by atoms with Gasteiger partial charge in [0.05, 0.1) is 5.69 Å². The molecule has 1 N–H and O–H groups in total. The third-order valence-corrected chi connectivity index (χ3v) is 4.37. The van der Waals surface area contributed by atoms with E-state index < -0.39 is 0 Å². The quantitative estimate of drug-likeness (QED) is 0.799. The largest absolute Gasteiger partial charge is 0.332 e. The molecule has 136 valence electrons. The van der Waals surface area contributed by atoms with E-state index in [1.807, 2.05) is 19.9 Å². The summed E-state index contributed by atoms with van der Waals surface area (Å²) in [6.45, 7) is 11.2. The Morgan fingerprint density at radius 3 is 2.44 bits per heavy atom. The number of nitrogens with zero attached hydrogens (tertiary/aromatic N) is 3. The predicted octanol–water partition coefficient (Wildman–Crippen LogP) is 3.15. The lowest BCUT2D eigenvalue weighted by Crippen LogP contribution is -2.38. The molecule has 2 aromatic rings. The molecule has 5 nitrogen and oxygen atoms in total. The van der Waals surface area contributed by atoms with Crippen LogP contribution in [0.15, 0.2) is 24.3 Å². The van der Waals surface area contributed by atoms with E-state index in [-0.39, 0.29) is 18.3 Å². The molecule has 0 unspecified atom stereocenters. The zero-order valence-electron chi connectivity index (χ0n) is 15.5. The zero-order chi connectivity index (χ0) is 18.4. The average molecular weight is 346 g/mol. The molecular formula is C19H27FN4O. The highest BCUT2D eigenvalue weighted by molar-refractivity contribution is 5.92. The lowest BCUT2D eigenvalue weighted by molar-refractivity contribution is 0.0716. The number of hydrogen-bond donors (Lipinski definition) is 1. The molecule has 1 aromatic heterocycles. The first-order valence-corrected chi connectivity index (χ1v) is 8.73. The third kappa shape index (κ3) is 5.13. The smallest absolute Gasteiger partial charge is 0.272 e. The molecule has 0 atom stereocenters. The maximum atomic E-state index is 14.2. The van der Waals surface area contributed by atoms with Crippen molar-refractivity contribution in [1.82, 2.24) is 20.0 Å². The molecular weight excluding hydrogens is 319 g/mol. The molecule has 2 rings (SSSR count). The molecule has 0 spiro atoms. The molecule has 0 saturated carbocycles. The van der Waals surface area contributed by atoms with Gasteiger partial charge in [0.1, 0.15) is 11.5 Å². The molecule has 6 heteroatoms. The van der Waals surface area contributed by atoms with Crippen molar-refractivity contribution in [2.24, 2.45) is 0 Å². The fraction of sp³-hybridized carbons (Fsp3) is 0.474. The fourth-order valence-corrected chi connectivity index (χ4v) is 2.74. The van der Waals surface area contributed by atoms with Crippen molar-refractivity contribution in [3.05, 3.63) is 52.6 Å². The predicted molar refractivity (Wildman–Crippen MR) is 97.0 cm³/mol. The van der Waals surface area contributed by atoms with Crippen LogP contribution < -0.4 is 0 Å². The average Bonchev–Trinajstić information content (AvgIpc) is 3.02. The molecule has 0 aliphatic carbocycles. The number of halogens is 1. The molecule has 1 heterocycles. The van der Waals surface area contributed by atoms with Crippen molar-refractivity contribution in [3.63, 3.8) is 0 Å². The zero-order valence-corrected chi connectivity index (χ0v) is 15.5. The number of aromatic amines is 1. The number of carbonyl (C=O) groups is 1. The van der Waals surface area contributed by atoms with Crippen LogP contribution in [0.3, 0.4) is 0 Å². The lowest BCUT2D eigenvalue weighted by Gasteiger charge is -2.26. The molecule has 0 bridgehead atoms. The van der Waals surface area contributed by atoms with Gasteiger partial charge in [-0.05, 0) is 44.6 Å². The Morgan fingerprint density at radius 1 is 1.16 bits per heavy atom. The van der Waals surface area contributed by atoms with E-state index in [0.29, 0.717) is 17.8 Å². The Balaban J connectivity index is 2.19. The Labute approximate surface area is 148 Å². The van der Waals surface area contributed by atoms with Crippen molar-refractivity contribution in [2.45, 2.75) is 34.2 Å². The third-order valence-electron chi connectivity index (χ3n) is 4.37. The van der Waals surface area contributed by atoms with Crippen LogP contribution in [-0.4, -0.2) is 52.1 Å². The van der Waals surface area contributed by atoms with Gasteiger partial charge in [-0.25, -0.2) is 4.39 Å². The van der Waals surface area contributed by atoms with Gasteiger partial charge in [-0.3, -0.25) is 9.89 Å². The summed E-state index contributed by atoms with van der Waals surface area (Å²) in [7, 11) is 0. The molecule has 25 heavy (non-hydrogen) atoms. The number of likely N-dealkylation sites (N-methyl/N-ethyl adjacent to an activating group) is 1. The molecule has 0 aliphatic rings. The van der Waals surface area contributed by atoms with E-state index in [0.717, 1.165) is 30.9 Å². The van der Waals surface area contributed by atoms with E-state index in [4.69, 9.17) is 0 Å². The summed E-state index contributed by atoms with van der Waals surface area (Å²) in [5.74, 6) is -0.436. The monoisotopic (exact) mass is 346 g/mol. The second-order valence-electron chi connectivity index (χ2n) is 6.27. The highest BCUT2D eigenvalue weighted by Gasteiger charge is 2.20. The number of carbonyl (C=O) groups excluding carboxylic acids is 1. The van der Waals surface area contributed by atoms with E-state index in [1.165, 1.54) is 6.07 Å². The first-order chi connectivity index (χ1) is 11.9. The number of aromatic nitrogens is 2. The summed E-state index contributed by atoms with van der Waals surface area (Å²) in [6, 6.07) is 6.84. The van der Waals surface area contributed by atoms with Gasteiger partial charge in [-0.1, -0.05) is 26.0 Å². The second kappa shape index (κ2) is 8.76. The van der Waals surface area contributed by atoms with Crippen LogP contribution in [0.4, 0.5) is 4.39 Å². The molecule has 0 radical (unpaired) electrons. The molecule has 0 aliphatic heterocycles. The van der Waals surface area contributed by atoms with Crippen LogP contribution in [0.5, 0.6) is 0 Å². The minimum Gasteiger partial charge on any atom is -0.332 e. The van der Waals surface area contributed by atoms with Gasteiger partial charge >= 0.3 is 0 Å². The van der Waals surface area contributed by atoms with Crippen molar-refractivity contribution < 1.29 is 9.18 Å². The summed E-state index contributed by atoms with van der Waals surface area (Å²) in [4.78, 5) is 16.8. The summed E-state index contributed by atoms with van der Waals surface area (Å²) in [5, 5.41) is 6.79. The number of amides is 1. The maximum absolute atomic E-state index is 14.2. The number of nitrogens with one attached hydrogen (secondary N) is 1. The number of hydrogen-bond acceptors (Lipinski definition) is 3. The van der Waals surface area contributed by atoms with Crippen molar-refractivity contribution in [1.29, 1.82) is 0 Å². The van der Waals surface area contributed by atoms with E-state index in [2.05, 4.69) is 28.9 Å². The molecule has 1 aromatic carbocycles. The normalized spacial score (nSPS) is 11.1. The first-order valence-electron chi connectivity index (χ1n) is 8.73. The minimum absolute atomic E-state index is 0.160. The summed E-state index contributed by atoms with van der Waals surface area (Å²) in [5.41, 5.74) is 2.58. The molecule has 0 saturated heterocycles. The summed E-state index contributed by atoms with van der Waals surface area (Å²) < 4.78 is 14.2. The van der Waals surface area contributed by atoms with Crippen molar-refractivity contribution in [2.75, 3.05) is 26.2 Å². The van der Waals surface area contributed by atoms with Gasteiger partial charge in [0, 0.05) is 25.2 Å². The minimum atomic E-state index is -0.276. The number of rotatable bonds is 8. The maximum Gasteiger partial charge on any atom is 0.272 e. The number of benzene rings is 1. The van der Waals surface area contributed by atoms with E-state index >= 15 is 0 Å². The topological polar surface area (TPSA) is 52.2 Å². The Kier molecular flexibility index (Phi) is 6.70. The Bertz CT molecular complexity index is 709. The second-order valence-corrected chi connectivity index (χ2v) is 6.27. The highest BCUT2D eigenvalue weighted by Crippen LogP contribution is 2.15. The SMILES string of the molecule is CCN(CC)CCN(Cc1ccc(C)cc1F)C(=O)c1cc(C)n[nH]1. The van der Waals surface area contributed by atoms with Crippen molar-refractivity contribution >= 4 is 5.91 Å². The van der Waals surface area contributed by atoms with E-state index in [9.17, 15) is 9.18 Å². The standard InChI is InChI=1S/C19H27FN4O/c1-5-23(6-2)9-10-24(19(25)18-12-15(4)21-22-18)13-16-8-7-14(3)11-17(16)20/h7-8,11-12H,5-6,9-10,13H2,1-4H3,(H,21,22). The van der Waals surface area contributed by atoms with Gasteiger partial charge in [0.15, 0.2) is 0 Å². The Hall–Kier alpha value is -2.21. The van der Waals surface area contributed by atoms with Crippen LogP contribution in [0.25, 0.3) is 0 Å². The fourth-order valence-electron chi connectivity index (χ4n) is 2.74. The van der Waals surface area contributed by atoms with Gasteiger partial charge in [-0.2, -0.15) is 5.10 Å². The van der Waals surface area contributed by atoms with Crippen LogP contribution >= 0.6 is 0 Å². The lowest BCUT2D eigenvalue weighted by atomic mass is 10.1. The van der Waals surface area contributed by atoms with Crippen molar-refractivity contribution in [3.8, 4) is 0 Å². The highest BCUT2D eigenvalue weighted by atomic mass is 19.1. The first kappa shape index (κ1) is 19.1.